The fraction of sp³-hybridized carbons (Fsp3) is 0.290. The minimum absolute atomic E-state index is 0.0655. The monoisotopic (exact) mass is 535 g/mol. The molecule has 3 aromatic heterocycles. The summed E-state index contributed by atoms with van der Waals surface area (Å²) in [5.74, 6) is 0.432. The van der Waals surface area contributed by atoms with E-state index < -0.39 is 0 Å². The SMILES string of the molecule is CCCc1cn(-c2c(C(C)=O)cccc2C(C)(C)C)c(=O)n1Cc1ccc(-c2cccnc2-c2nnn[nH]2)cc1. The van der Waals surface area contributed by atoms with Gasteiger partial charge in [-0.3, -0.25) is 18.9 Å². The van der Waals surface area contributed by atoms with Crippen molar-refractivity contribution < 1.29 is 4.79 Å². The molecule has 5 aromatic rings. The highest BCUT2D eigenvalue weighted by atomic mass is 16.2. The van der Waals surface area contributed by atoms with E-state index in [1.54, 1.807) is 23.8 Å². The number of hydrogen-bond acceptors (Lipinski definition) is 6. The molecule has 3 heterocycles. The number of pyridine rings is 1. The van der Waals surface area contributed by atoms with Crippen molar-refractivity contribution in [1.29, 1.82) is 0 Å². The van der Waals surface area contributed by atoms with Crippen molar-refractivity contribution in [3.05, 3.63) is 99.9 Å². The smallest absolute Gasteiger partial charge is 0.294 e. The van der Waals surface area contributed by atoms with Gasteiger partial charge in [-0.25, -0.2) is 9.89 Å². The van der Waals surface area contributed by atoms with Crippen molar-refractivity contribution >= 4 is 5.78 Å². The van der Waals surface area contributed by atoms with E-state index in [1.807, 2.05) is 59.3 Å². The fourth-order valence-corrected chi connectivity index (χ4v) is 5.06. The van der Waals surface area contributed by atoms with Gasteiger partial charge in [0.2, 0.25) is 0 Å². The second-order valence-corrected chi connectivity index (χ2v) is 11.0. The zero-order valence-corrected chi connectivity index (χ0v) is 23.5. The molecule has 0 atom stereocenters. The molecule has 0 unspecified atom stereocenters. The highest BCUT2D eigenvalue weighted by molar-refractivity contribution is 5.98. The average Bonchev–Trinajstić information content (AvgIpc) is 3.58. The van der Waals surface area contributed by atoms with Crippen molar-refractivity contribution in [2.24, 2.45) is 0 Å². The first-order valence-corrected chi connectivity index (χ1v) is 13.4. The lowest BCUT2D eigenvalue weighted by molar-refractivity contribution is 0.101. The zero-order chi connectivity index (χ0) is 28.4. The molecule has 0 aliphatic rings. The number of aromatic amines is 1. The van der Waals surface area contributed by atoms with Crippen LogP contribution in [0.5, 0.6) is 0 Å². The third-order valence-corrected chi connectivity index (χ3v) is 7.02. The van der Waals surface area contributed by atoms with Gasteiger partial charge in [0, 0.05) is 29.2 Å². The number of aryl methyl sites for hydroxylation is 1. The van der Waals surface area contributed by atoms with Crippen LogP contribution in [0.3, 0.4) is 0 Å². The minimum Gasteiger partial charge on any atom is -0.294 e. The summed E-state index contributed by atoms with van der Waals surface area (Å²) in [5.41, 5.74) is 6.22. The fourth-order valence-electron chi connectivity index (χ4n) is 5.06. The van der Waals surface area contributed by atoms with Gasteiger partial charge in [-0.1, -0.05) is 76.6 Å². The van der Waals surface area contributed by atoms with Crippen LogP contribution in [0.2, 0.25) is 0 Å². The number of carbonyl (C=O) groups is 1. The Balaban J connectivity index is 1.55. The van der Waals surface area contributed by atoms with Crippen LogP contribution in [0.15, 0.2) is 71.8 Å². The molecule has 0 fully saturated rings. The van der Waals surface area contributed by atoms with Crippen LogP contribution in [0.25, 0.3) is 28.3 Å². The van der Waals surface area contributed by atoms with Crippen molar-refractivity contribution in [3.63, 3.8) is 0 Å². The summed E-state index contributed by atoms with van der Waals surface area (Å²) in [6.45, 7) is 10.4. The molecular formula is C31H33N7O2. The molecule has 0 aliphatic carbocycles. The van der Waals surface area contributed by atoms with Crippen molar-refractivity contribution in [2.45, 2.75) is 59.4 Å². The Hall–Kier alpha value is -4.66. The van der Waals surface area contributed by atoms with E-state index >= 15 is 0 Å². The van der Waals surface area contributed by atoms with Gasteiger partial charge >= 0.3 is 5.69 Å². The first-order valence-electron chi connectivity index (χ1n) is 13.4. The maximum absolute atomic E-state index is 14.0. The highest BCUT2D eigenvalue weighted by Crippen LogP contribution is 2.31. The van der Waals surface area contributed by atoms with Gasteiger partial charge in [-0.05, 0) is 58.0 Å². The molecule has 9 nitrogen and oxygen atoms in total. The number of tetrazole rings is 1. The van der Waals surface area contributed by atoms with Crippen LogP contribution in [0, 0.1) is 0 Å². The minimum atomic E-state index is -0.254. The highest BCUT2D eigenvalue weighted by Gasteiger charge is 2.25. The maximum Gasteiger partial charge on any atom is 0.333 e. The van der Waals surface area contributed by atoms with Crippen molar-refractivity contribution in [1.82, 2.24) is 34.7 Å². The van der Waals surface area contributed by atoms with Gasteiger partial charge < -0.3 is 0 Å². The number of rotatable bonds is 8. The molecule has 0 aliphatic heterocycles. The summed E-state index contributed by atoms with van der Waals surface area (Å²) in [6.07, 6.45) is 5.25. The van der Waals surface area contributed by atoms with E-state index in [4.69, 9.17) is 0 Å². The Kier molecular flexibility index (Phi) is 7.30. The van der Waals surface area contributed by atoms with Gasteiger partial charge in [0.15, 0.2) is 11.6 Å². The molecule has 0 amide bonds. The first-order chi connectivity index (χ1) is 19.2. The standard InChI is InChI=1S/C31H33N7O2/c1-6-9-23-19-38(28-24(20(2)39)10-7-12-26(28)31(3,4)5)30(40)37(23)18-21-13-15-22(16-14-21)25-11-8-17-32-27(25)29-33-35-36-34-29/h7-8,10-17,19H,6,9,18H2,1-5H3,(H,33,34,35,36). The van der Waals surface area contributed by atoms with Gasteiger partial charge in [-0.15, -0.1) is 5.10 Å². The van der Waals surface area contributed by atoms with Gasteiger partial charge in [0.1, 0.15) is 5.69 Å². The Morgan fingerprint density at radius 3 is 2.45 bits per heavy atom. The number of carbonyl (C=O) groups excluding carboxylic acids is 1. The number of hydrogen-bond donors (Lipinski definition) is 1. The molecule has 0 saturated carbocycles. The van der Waals surface area contributed by atoms with Gasteiger partial charge in [-0.2, -0.15) is 0 Å². The van der Waals surface area contributed by atoms with E-state index in [-0.39, 0.29) is 16.9 Å². The molecule has 0 radical (unpaired) electrons. The van der Waals surface area contributed by atoms with Crippen LogP contribution in [-0.4, -0.2) is 40.5 Å². The van der Waals surface area contributed by atoms with Crippen LogP contribution in [-0.2, 0) is 18.4 Å². The number of H-pyrrole nitrogens is 1. The summed E-state index contributed by atoms with van der Waals surface area (Å²) < 4.78 is 3.49. The molecule has 9 heteroatoms. The molecule has 5 rings (SSSR count). The molecule has 1 N–H and O–H groups in total. The van der Waals surface area contributed by atoms with Crippen LogP contribution in [0.1, 0.15) is 68.2 Å². The number of para-hydroxylation sites is 1. The van der Waals surface area contributed by atoms with Gasteiger partial charge in [0.25, 0.3) is 0 Å². The van der Waals surface area contributed by atoms with E-state index in [0.717, 1.165) is 40.8 Å². The summed E-state index contributed by atoms with van der Waals surface area (Å²) in [6, 6.07) is 17.6. The summed E-state index contributed by atoms with van der Waals surface area (Å²) in [5, 5.41) is 14.1. The van der Waals surface area contributed by atoms with E-state index in [1.165, 1.54) is 0 Å². The lowest BCUT2D eigenvalue weighted by Crippen LogP contribution is -2.28. The van der Waals surface area contributed by atoms with Crippen LogP contribution in [0.4, 0.5) is 0 Å². The predicted octanol–water partition coefficient (Wildman–Crippen LogP) is 5.38. The predicted molar refractivity (Wildman–Crippen MR) is 155 cm³/mol. The quantitative estimate of drug-likeness (QED) is 0.267. The molecule has 2 aromatic carbocycles. The third kappa shape index (κ3) is 5.14. The number of benzene rings is 2. The van der Waals surface area contributed by atoms with Crippen LogP contribution >= 0.6 is 0 Å². The van der Waals surface area contributed by atoms with E-state index in [0.29, 0.717) is 29.3 Å². The number of imidazole rings is 1. The maximum atomic E-state index is 14.0. The van der Waals surface area contributed by atoms with Gasteiger partial charge in [0.05, 0.1) is 12.2 Å². The molecule has 204 valence electrons. The third-order valence-electron chi connectivity index (χ3n) is 7.02. The topological polar surface area (TPSA) is 111 Å². The number of ketones is 1. The molecule has 0 saturated heterocycles. The Morgan fingerprint density at radius 2 is 1.80 bits per heavy atom. The Labute approximate surface area is 232 Å². The molecule has 0 bridgehead atoms. The summed E-state index contributed by atoms with van der Waals surface area (Å²) >= 11 is 0. The van der Waals surface area contributed by atoms with Crippen LogP contribution < -0.4 is 5.69 Å². The lowest BCUT2D eigenvalue weighted by Gasteiger charge is -2.24. The second kappa shape index (κ2) is 10.8. The Morgan fingerprint density at radius 1 is 1.02 bits per heavy atom. The van der Waals surface area contributed by atoms with Crippen molar-refractivity contribution in [3.8, 4) is 28.3 Å². The Bertz CT molecular complexity index is 1710. The van der Waals surface area contributed by atoms with E-state index in [2.05, 4.69) is 53.3 Å². The normalized spacial score (nSPS) is 11.6. The number of nitrogens with one attached hydrogen (secondary N) is 1. The molecule has 0 spiro atoms. The van der Waals surface area contributed by atoms with E-state index in [9.17, 15) is 9.59 Å². The number of nitrogens with zero attached hydrogens (tertiary/aromatic N) is 6. The molecule has 40 heavy (non-hydrogen) atoms. The largest absolute Gasteiger partial charge is 0.333 e. The second-order valence-electron chi connectivity index (χ2n) is 11.0. The number of aromatic nitrogens is 7. The summed E-state index contributed by atoms with van der Waals surface area (Å²) in [7, 11) is 0. The first kappa shape index (κ1) is 26.9. The lowest BCUT2D eigenvalue weighted by atomic mass is 9.84. The van der Waals surface area contributed by atoms with Crippen molar-refractivity contribution in [2.75, 3.05) is 0 Å². The summed E-state index contributed by atoms with van der Waals surface area (Å²) in [4.78, 5) is 31.1. The average molecular weight is 536 g/mol. The zero-order valence-electron chi connectivity index (χ0n) is 23.5. The number of Topliss-reactive ketones (excluding diaryl/α,β-unsaturated/α-hetero) is 1. The molecular weight excluding hydrogens is 502 g/mol.